The summed E-state index contributed by atoms with van der Waals surface area (Å²) in [6, 6.07) is 0. The van der Waals surface area contributed by atoms with Crippen molar-refractivity contribution >= 4 is 0 Å². The maximum absolute atomic E-state index is 5.94. The Kier molecular flexibility index (Phi) is 8.02. The van der Waals surface area contributed by atoms with E-state index in [9.17, 15) is 0 Å². The quantitative estimate of drug-likeness (QED) is 0.639. The van der Waals surface area contributed by atoms with Crippen molar-refractivity contribution in [1.29, 1.82) is 0 Å². The van der Waals surface area contributed by atoms with Crippen molar-refractivity contribution in [3.63, 3.8) is 0 Å². The Morgan fingerprint density at radius 2 is 1.60 bits per heavy atom. The fourth-order valence-electron chi connectivity index (χ4n) is 1.73. The standard InChI is InChI=1S/C12H28N2O/c1-5-12(6-2,11-13)15-10-9-14(7-3)8-4/h5-11,13H2,1-4H3. The van der Waals surface area contributed by atoms with Gasteiger partial charge in [0.2, 0.25) is 0 Å². The molecule has 92 valence electrons. The van der Waals surface area contributed by atoms with E-state index in [4.69, 9.17) is 10.5 Å². The molecule has 0 radical (unpaired) electrons. The number of hydrogen-bond acceptors (Lipinski definition) is 3. The molecule has 0 rings (SSSR count). The molecule has 0 aromatic carbocycles. The van der Waals surface area contributed by atoms with Gasteiger partial charge in [0.05, 0.1) is 12.2 Å². The van der Waals surface area contributed by atoms with Gasteiger partial charge in [0, 0.05) is 13.1 Å². The van der Waals surface area contributed by atoms with Crippen LogP contribution in [0, 0.1) is 0 Å². The Morgan fingerprint density at radius 1 is 1.07 bits per heavy atom. The maximum atomic E-state index is 5.94. The third-order valence-electron chi connectivity index (χ3n) is 3.37. The fourth-order valence-corrected chi connectivity index (χ4v) is 1.73. The minimum absolute atomic E-state index is 0.0901. The van der Waals surface area contributed by atoms with Crippen LogP contribution < -0.4 is 5.73 Å². The van der Waals surface area contributed by atoms with Crippen LogP contribution in [-0.4, -0.2) is 43.3 Å². The van der Waals surface area contributed by atoms with E-state index < -0.39 is 0 Å². The summed E-state index contributed by atoms with van der Waals surface area (Å²) in [5, 5.41) is 0. The largest absolute Gasteiger partial charge is 0.372 e. The van der Waals surface area contributed by atoms with Crippen molar-refractivity contribution in [1.82, 2.24) is 4.90 Å². The van der Waals surface area contributed by atoms with E-state index in [1.165, 1.54) is 0 Å². The zero-order chi connectivity index (χ0) is 11.7. The molecule has 15 heavy (non-hydrogen) atoms. The van der Waals surface area contributed by atoms with E-state index >= 15 is 0 Å². The summed E-state index contributed by atoms with van der Waals surface area (Å²) in [5.41, 5.74) is 5.68. The first kappa shape index (κ1) is 14.9. The van der Waals surface area contributed by atoms with Crippen molar-refractivity contribution in [3.05, 3.63) is 0 Å². The van der Waals surface area contributed by atoms with Crippen LogP contribution >= 0.6 is 0 Å². The van der Waals surface area contributed by atoms with Crippen molar-refractivity contribution in [2.24, 2.45) is 5.73 Å². The monoisotopic (exact) mass is 216 g/mol. The molecule has 0 spiro atoms. The molecule has 0 bridgehead atoms. The van der Waals surface area contributed by atoms with Crippen LogP contribution in [0.1, 0.15) is 40.5 Å². The van der Waals surface area contributed by atoms with E-state index in [0.29, 0.717) is 6.54 Å². The molecule has 0 aliphatic carbocycles. The van der Waals surface area contributed by atoms with Gasteiger partial charge in [-0.3, -0.25) is 0 Å². The van der Waals surface area contributed by atoms with Gasteiger partial charge in [-0.15, -0.1) is 0 Å². The van der Waals surface area contributed by atoms with Crippen molar-refractivity contribution in [3.8, 4) is 0 Å². The lowest BCUT2D eigenvalue weighted by atomic mass is 9.97. The van der Waals surface area contributed by atoms with E-state index in [-0.39, 0.29) is 5.60 Å². The van der Waals surface area contributed by atoms with E-state index in [1.807, 2.05) is 0 Å². The zero-order valence-electron chi connectivity index (χ0n) is 10.9. The van der Waals surface area contributed by atoms with E-state index in [0.717, 1.165) is 39.1 Å². The number of hydrogen-bond donors (Lipinski definition) is 1. The molecule has 3 nitrogen and oxygen atoms in total. The molecule has 0 amide bonds. The van der Waals surface area contributed by atoms with Gasteiger partial charge in [0.25, 0.3) is 0 Å². The molecule has 0 aliphatic heterocycles. The molecule has 0 heterocycles. The van der Waals surface area contributed by atoms with Gasteiger partial charge < -0.3 is 15.4 Å². The van der Waals surface area contributed by atoms with Crippen LogP contribution in [0.25, 0.3) is 0 Å². The lowest BCUT2D eigenvalue weighted by Crippen LogP contribution is -2.41. The number of rotatable bonds is 9. The third-order valence-corrected chi connectivity index (χ3v) is 3.37. The van der Waals surface area contributed by atoms with Gasteiger partial charge in [-0.25, -0.2) is 0 Å². The number of ether oxygens (including phenoxy) is 1. The summed E-state index contributed by atoms with van der Waals surface area (Å²) in [7, 11) is 0. The van der Waals surface area contributed by atoms with Gasteiger partial charge in [0.15, 0.2) is 0 Å². The first-order chi connectivity index (χ1) is 7.17. The average molecular weight is 216 g/mol. The lowest BCUT2D eigenvalue weighted by Gasteiger charge is -2.31. The van der Waals surface area contributed by atoms with E-state index in [1.54, 1.807) is 0 Å². The highest BCUT2D eigenvalue weighted by Gasteiger charge is 2.24. The zero-order valence-corrected chi connectivity index (χ0v) is 10.9. The SMILES string of the molecule is CCN(CC)CCOC(CC)(CC)CN. The number of likely N-dealkylation sites (N-methyl/N-ethyl adjacent to an activating group) is 1. The Bertz CT molecular complexity index is 134. The van der Waals surface area contributed by atoms with Crippen LogP contribution in [0.4, 0.5) is 0 Å². The fraction of sp³-hybridized carbons (Fsp3) is 1.00. The van der Waals surface area contributed by atoms with Crippen LogP contribution in [-0.2, 0) is 4.74 Å². The molecule has 0 saturated carbocycles. The average Bonchev–Trinajstić information content (AvgIpc) is 2.31. The highest BCUT2D eigenvalue weighted by atomic mass is 16.5. The summed E-state index contributed by atoms with van der Waals surface area (Å²) in [5.74, 6) is 0. The molecule has 0 fully saturated rings. The molecule has 3 heteroatoms. The first-order valence-electron chi connectivity index (χ1n) is 6.24. The van der Waals surface area contributed by atoms with Crippen molar-refractivity contribution < 1.29 is 4.74 Å². The van der Waals surface area contributed by atoms with Gasteiger partial charge in [-0.1, -0.05) is 27.7 Å². The van der Waals surface area contributed by atoms with Crippen molar-refractivity contribution in [2.75, 3.05) is 32.8 Å². The summed E-state index contributed by atoms with van der Waals surface area (Å²) in [4.78, 5) is 2.37. The topological polar surface area (TPSA) is 38.5 Å². The molecular weight excluding hydrogens is 188 g/mol. The third kappa shape index (κ3) is 4.96. The second-order valence-corrected chi connectivity index (χ2v) is 3.97. The normalized spacial score (nSPS) is 12.4. The van der Waals surface area contributed by atoms with Crippen LogP contribution in [0.2, 0.25) is 0 Å². The Balaban J connectivity index is 3.89. The predicted molar refractivity (Wildman–Crippen MR) is 66.1 cm³/mol. The smallest absolute Gasteiger partial charge is 0.0799 e. The summed E-state index contributed by atoms with van der Waals surface area (Å²) >= 11 is 0. The minimum Gasteiger partial charge on any atom is -0.372 e. The van der Waals surface area contributed by atoms with Crippen LogP contribution in [0.3, 0.4) is 0 Å². The molecule has 0 aromatic heterocycles. The highest BCUT2D eigenvalue weighted by molar-refractivity contribution is 4.78. The molecule has 2 N–H and O–H groups in total. The number of nitrogens with two attached hydrogens (primary N) is 1. The molecular formula is C12H28N2O. The Labute approximate surface area is 95.0 Å². The second-order valence-electron chi connectivity index (χ2n) is 3.97. The van der Waals surface area contributed by atoms with E-state index in [2.05, 4.69) is 32.6 Å². The number of nitrogens with zero attached hydrogens (tertiary/aromatic N) is 1. The maximum Gasteiger partial charge on any atom is 0.0799 e. The predicted octanol–water partition coefficient (Wildman–Crippen LogP) is 1.86. The van der Waals surface area contributed by atoms with Crippen molar-refractivity contribution in [2.45, 2.75) is 46.1 Å². The molecule has 0 aromatic rings. The molecule has 0 saturated heterocycles. The Morgan fingerprint density at radius 3 is 1.93 bits per heavy atom. The van der Waals surface area contributed by atoms with Crippen LogP contribution in [0.5, 0.6) is 0 Å². The summed E-state index contributed by atoms with van der Waals surface area (Å²) in [6.45, 7) is 13.3. The first-order valence-corrected chi connectivity index (χ1v) is 6.24. The molecule has 0 unspecified atom stereocenters. The van der Waals surface area contributed by atoms with Gasteiger partial charge >= 0.3 is 0 Å². The second kappa shape index (κ2) is 8.08. The van der Waals surface area contributed by atoms with Crippen LogP contribution in [0.15, 0.2) is 0 Å². The Hall–Kier alpha value is -0.120. The van der Waals surface area contributed by atoms with Gasteiger partial charge in [0.1, 0.15) is 0 Å². The molecule has 0 atom stereocenters. The lowest BCUT2D eigenvalue weighted by molar-refractivity contribution is -0.0507. The van der Waals surface area contributed by atoms with Gasteiger partial charge in [-0.2, -0.15) is 0 Å². The molecule has 0 aliphatic rings. The summed E-state index contributed by atoms with van der Waals surface area (Å²) in [6.07, 6.45) is 2.00. The highest BCUT2D eigenvalue weighted by Crippen LogP contribution is 2.18. The minimum atomic E-state index is -0.0901. The summed E-state index contributed by atoms with van der Waals surface area (Å²) < 4.78 is 5.94. The van der Waals surface area contributed by atoms with Gasteiger partial charge in [-0.05, 0) is 25.9 Å².